The van der Waals surface area contributed by atoms with Crippen molar-refractivity contribution in [2.75, 3.05) is 0 Å². The van der Waals surface area contributed by atoms with Gasteiger partial charge < -0.3 is 10.2 Å². The number of para-hydroxylation sites is 3. The minimum Gasteiger partial charge on any atom is -0.506 e. The van der Waals surface area contributed by atoms with Crippen LogP contribution >= 0.6 is 11.6 Å². The van der Waals surface area contributed by atoms with E-state index in [9.17, 15) is 10.1 Å². The van der Waals surface area contributed by atoms with E-state index in [1.165, 1.54) is 24.3 Å². The Morgan fingerprint density at radius 1 is 0.944 bits per heavy atom. The predicted octanol–water partition coefficient (Wildman–Crippen LogP) is 3.35. The van der Waals surface area contributed by atoms with Gasteiger partial charge in [0.2, 0.25) is 0 Å². The highest BCUT2D eigenvalue weighted by molar-refractivity contribution is 6.31. The van der Waals surface area contributed by atoms with Gasteiger partial charge in [-0.25, -0.2) is 0 Å². The molecule has 0 heterocycles. The van der Waals surface area contributed by atoms with Crippen molar-refractivity contribution in [2.45, 2.75) is 0 Å². The molecule has 2 N–H and O–H groups in total. The Labute approximate surface area is 108 Å². The van der Waals surface area contributed by atoms with E-state index >= 15 is 0 Å². The van der Waals surface area contributed by atoms with Gasteiger partial charge >= 0.3 is 5.69 Å². The first-order valence-corrected chi connectivity index (χ1v) is 5.26. The first-order valence-electron chi connectivity index (χ1n) is 4.88. The van der Waals surface area contributed by atoms with E-state index in [-0.39, 0.29) is 17.2 Å². The summed E-state index contributed by atoms with van der Waals surface area (Å²) in [5.74, 6) is -0.165. The minimum atomic E-state index is -0.630. The van der Waals surface area contributed by atoms with Crippen LogP contribution in [0.4, 0.5) is 5.69 Å². The van der Waals surface area contributed by atoms with E-state index in [1.54, 1.807) is 24.3 Å². The number of hydrogen-bond donors (Lipinski definition) is 2. The van der Waals surface area contributed by atoms with Gasteiger partial charge in [-0.05, 0) is 18.2 Å². The highest BCUT2D eigenvalue weighted by Gasteiger charge is 2.09. The summed E-state index contributed by atoms with van der Waals surface area (Å²) in [6.07, 6.45) is 0. The van der Waals surface area contributed by atoms with Crippen LogP contribution in [-0.4, -0.2) is 15.1 Å². The third-order valence-corrected chi connectivity index (χ3v) is 2.25. The van der Waals surface area contributed by atoms with Gasteiger partial charge in [0.05, 0.1) is 9.95 Å². The van der Waals surface area contributed by atoms with E-state index in [0.29, 0.717) is 5.02 Å². The number of rotatable bonds is 1. The second kappa shape index (κ2) is 6.46. The highest BCUT2D eigenvalue weighted by Crippen LogP contribution is 2.23. The van der Waals surface area contributed by atoms with Crippen LogP contribution in [0.1, 0.15) is 0 Å². The molecule has 0 fully saturated rings. The van der Waals surface area contributed by atoms with Crippen molar-refractivity contribution >= 4 is 17.3 Å². The van der Waals surface area contributed by atoms with E-state index in [2.05, 4.69) is 0 Å². The molecule has 0 aliphatic heterocycles. The maximum absolute atomic E-state index is 10.1. The molecule has 94 valence electrons. The summed E-state index contributed by atoms with van der Waals surface area (Å²) < 4.78 is 0. The molecular formula is C12H10ClNO4. The summed E-state index contributed by atoms with van der Waals surface area (Å²) in [6.45, 7) is 0. The number of nitrogens with zero attached hydrogens (tertiary/aromatic N) is 1. The minimum absolute atomic E-state index is 0.133. The fourth-order valence-electron chi connectivity index (χ4n) is 1.07. The number of benzene rings is 2. The summed E-state index contributed by atoms with van der Waals surface area (Å²) in [4.78, 5) is 9.44. The van der Waals surface area contributed by atoms with Crippen molar-refractivity contribution in [3.63, 3.8) is 0 Å². The van der Waals surface area contributed by atoms with Crippen molar-refractivity contribution in [1.82, 2.24) is 0 Å². The van der Waals surface area contributed by atoms with Crippen LogP contribution in [-0.2, 0) is 0 Å². The standard InChI is InChI=1S/C6H5ClO.C6H5NO3/c7-5-3-1-2-4-6(5)8;8-6-4-2-1-3-5(6)7(9)10/h1-4,8H;1-4,8H. The Morgan fingerprint density at radius 3 is 1.78 bits per heavy atom. The Hall–Kier alpha value is -2.27. The molecule has 0 spiro atoms. The average Bonchev–Trinajstić information content (AvgIpc) is 2.34. The van der Waals surface area contributed by atoms with Crippen LogP contribution < -0.4 is 0 Å². The Balaban J connectivity index is 0.000000184. The molecule has 18 heavy (non-hydrogen) atoms. The smallest absolute Gasteiger partial charge is 0.310 e. The second-order valence-electron chi connectivity index (χ2n) is 3.20. The number of nitro benzene ring substituents is 1. The van der Waals surface area contributed by atoms with Crippen molar-refractivity contribution in [3.05, 3.63) is 63.7 Å². The van der Waals surface area contributed by atoms with Crippen molar-refractivity contribution in [2.24, 2.45) is 0 Å². The molecule has 0 unspecified atom stereocenters. The Kier molecular flexibility index (Phi) is 4.95. The topological polar surface area (TPSA) is 83.6 Å². The maximum atomic E-state index is 10.1. The molecular weight excluding hydrogens is 258 g/mol. The highest BCUT2D eigenvalue weighted by atomic mass is 35.5. The van der Waals surface area contributed by atoms with Crippen LogP contribution in [0.15, 0.2) is 48.5 Å². The summed E-state index contributed by atoms with van der Waals surface area (Å²) in [5.41, 5.74) is -0.262. The molecule has 0 aliphatic carbocycles. The molecule has 0 radical (unpaired) electrons. The van der Waals surface area contributed by atoms with Crippen molar-refractivity contribution in [1.29, 1.82) is 0 Å². The zero-order valence-corrected chi connectivity index (χ0v) is 9.91. The van der Waals surface area contributed by atoms with Crippen LogP contribution in [0.3, 0.4) is 0 Å². The molecule has 2 aromatic rings. The van der Waals surface area contributed by atoms with Crippen LogP contribution in [0.2, 0.25) is 5.02 Å². The molecule has 0 aliphatic rings. The molecule has 0 saturated heterocycles. The third-order valence-electron chi connectivity index (χ3n) is 1.93. The second-order valence-corrected chi connectivity index (χ2v) is 3.60. The zero-order valence-electron chi connectivity index (χ0n) is 9.15. The monoisotopic (exact) mass is 267 g/mol. The third kappa shape index (κ3) is 3.95. The molecule has 0 saturated carbocycles. The lowest BCUT2D eigenvalue weighted by molar-refractivity contribution is -0.385. The number of nitro groups is 1. The molecule has 6 heteroatoms. The van der Waals surface area contributed by atoms with E-state index in [4.69, 9.17) is 21.8 Å². The Morgan fingerprint density at radius 2 is 1.44 bits per heavy atom. The fourth-order valence-corrected chi connectivity index (χ4v) is 1.21. The van der Waals surface area contributed by atoms with E-state index in [0.717, 1.165) is 0 Å². The molecule has 0 aromatic heterocycles. The summed E-state index contributed by atoms with van der Waals surface area (Å²) in [7, 11) is 0. The number of aromatic hydroxyl groups is 2. The van der Waals surface area contributed by atoms with Crippen LogP contribution in [0.25, 0.3) is 0 Å². The number of hydrogen-bond acceptors (Lipinski definition) is 4. The fraction of sp³-hybridized carbons (Fsp3) is 0. The number of phenolic OH excluding ortho intramolecular Hbond substituents is 2. The molecule has 2 aromatic carbocycles. The lowest BCUT2D eigenvalue weighted by atomic mass is 10.3. The summed E-state index contributed by atoms with van der Waals surface area (Å²) in [5, 5.41) is 28.1. The number of phenols is 2. The van der Waals surface area contributed by atoms with Crippen LogP contribution in [0.5, 0.6) is 11.5 Å². The lowest BCUT2D eigenvalue weighted by Crippen LogP contribution is -1.86. The average molecular weight is 268 g/mol. The first-order chi connectivity index (χ1) is 8.52. The Bertz CT molecular complexity index is 524. The van der Waals surface area contributed by atoms with E-state index in [1.807, 2.05) is 0 Å². The molecule has 0 amide bonds. The lowest BCUT2D eigenvalue weighted by Gasteiger charge is -1.91. The van der Waals surface area contributed by atoms with Crippen molar-refractivity contribution < 1.29 is 15.1 Å². The predicted molar refractivity (Wildman–Crippen MR) is 67.9 cm³/mol. The normalized spacial score (nSPS) is 9.17. The maximum Gasteiger partial charge on any atom is 0.310 e. The SMILES string of the molecule is O=[N+]([O-])c1ccccc1O.Oc1ccccc1Cl. The van der Waals surface area contributed by atoms with Gasteiger partial charge in [0, 0.05) is 6.07 Å². The van der Waals surface area contributed by atoms with Gasteiger partial charge in [0.1, 0.15) is 5.75 Å². The zero-order chi connectivity index (χ0) is 13.5. The van der Waals surface area contributed by atoms with E-state index < -0.39 is 4.92 Å². The van der Waals surface area contributed by atoms with Gasteiger partial charge in [0.25, 0.3) is 0 Å². The largest absolute Gasteiger partial charge is 0.506 e. The molecule has 0 bridgehead atoms. The van der Waals surface area contributed by atoms with Gasteiger partial charge in [0.15, 0.2) is 5.75 Å². The quantitative estimate of drug-likeness (QED) is 0.613. The first kappa shape index (κ1) is 13.8. The van der Waals surface area contributed by atoms with Gasteiger partial charge in [-0.15, -0.1) is 0 Å². The summed E-state index contributed by atoms with van der Waals surface area (Å²) in [6, 6.07) is 12.2. The summed E-state index contributed by atoms with van der Waals surface area (Å²) >= 11 is 5.46. The molecule has 0 atom stereocenters. The number of halogens is 1. The molecule has 5 nitrogen and oxygen atoms in total. The van der Waals surface area contributed by atoms with Crippen molar-refractivity contribution in [3.8, 4) is 11.5 Å². The van der Waals surface area contributed by atoms with Gasteiger partial charge in [-0.1, -0.05) is 35.9 Å². The van der Waals surface area contributed by atoms with Gasteiger partial charge in [-0.3, -0.25) is 10.1 Å². The van der Waals surface area contributed by atoms with Gasteiger partial charge in [-0.2, -0.15) is 0 Å². The molecule has 2 rings (SSSR count). The van der Waals surface area contributed by atoms with Crippen LogP contribution in [0, 0.1) is 10.1 Å².